The van der Waals surface area contributed by atoms with Gasteiger partial charge in [0, 0.05) is 24.3 Å². The predicted molar refractivity (Wildman–Crippen MR) is 120 cm³/mol. The summed E-state index contributed by atoms with van der Waals surface area (Å²) in [5, 5.41) is 10.0. The largest absolute Gasteiger partial charge is 0.497 e. The van der Waals surface area contributed by atoms with Gasteiger partial charge >= 0.3 is 0 Å². The summed E-state index contributed by atoms with van der Waals surface area (Å²) in [4.78, 5) is 14.6. The van der Waals surface area contributed by atoms with Crippen molar-refractivity contribution in [2.75, 3.05) is 26.0 Å². The van der Waals surface area contributed by atoms with E-state index in [2.05, 4.69) is 10.2 Å². The van der Waals surface area contributed by atoms with Crippen LogP contribution in [0.2, 0.25) is 5.02 Å². The third-order valence-corrected chi connectivity index (χ3v) is 6.36. The first-order valence-electron chi connectivity index (χ1n) is 9.92. The van der Waals surface area contributed by atoms with Crippen molar-refractivity contribution >= 4 is 29.3 Å². The van der Waals surface area contributed by atoms with Crippen LogP contribution in [-0.2, 0) is 4.79 Å². The lowest BCUT2D eigenvalue weighted by Gasteiger charge is -2.26. The number of methoxy groups -OCH3 is 1. The van der Waals surface area contributed by atoms with Gasteiger partial charge in [-0.25, -0.2) is 0 Å². The number of rotatable bonds is 6. The van der Waals surface area contributed by atoms with Crippen molar-refractivity contribution in [1.29, 1.82) is 0 Å². The smallest absolute Gasteiger partial charge is 0.233 e. The van der Waals surface area contributed by atoms with Gasteiger partial charge in [-0.05, 0) is 55.7 Å². The number of halogens is 1. The number of carbonyl (C=O) groups is 1. The molecule has 1 fully saturated rings. The minimum absolute atomic E-state index is 0.142. The van der Waals surface area contributed by atoms with E-state index >= 15 is 0 Å². The number of ether oxygens (including phenoxy) is 1. The normalized spacial score (nSPS) is 14.0. The Morgan fingerprint density at radius 1 is 1.07 bits per heavy atom. The van der Waals surface area contributed by atoms with Gasteiger partial charge in [0.25, 0.3) is 0 Å². The van der Waals surface area contributed by atoms with Crippen LogP contribution in [0.3, 0.4) is 0 Å². The van der Waals surface area contributed by atoms with E-state index in [-0.39, 0.29) is 5.91 Å². The van der Waals surface area contributed by atoms with Crippen molar-refractivity contribution in [2.24, 2.45) is 0 Å². The Labute approximate surface area is 185 Å². The van der Waals surface area contributed by atoms with Gasteiger partial charge in [0.05, 0.1) is 17.9 Å². The summed E-state index contributed by atoms with van der Waals surface area (Å²) in [6, 6.07) is 15.2. The molecule has 30 heavy (non-hydrogen) atoms. The summed E-state index contributed by atoms with van der Waals surface area (Å²) in [7, 11) is 1.64. The van der Waals surface area contributed by atoms with Crippen LogP contribution in [0.25, 0.3) is 17.1 Å². The van der Waals surface area contributed by atoms with Gasteiger partial charge in [0.15, 0.2) is 11.0 Å². The Kier molecular flexibility index (Phi) is 6.59. The molecule has 2 heterocycles. The van der Waals surface area contributed by atoms with E-state index in [1.165, 1.54) is 18.2 Å². The number of aromatic nitrogens is 3. The molecular weight excluding hydrogens is 420 g/mol. The Bertz CT molecular complexity index is 1020. The zero-order valence-electron chi connectivity index (χ0n) is 16.8. The first kappa shape index (κ1) is 20.8. The van der Waals surface area contributed by atoms with Crippen LogP contribution in [0.15, 0.2) is 53.7 Å². The van der Waals surface area contributed by atoms with Crippen molar-refractivity contribution in [3.8, 4) is 22.8 Å². The molecule has 1 aromatic heterocycles. The summed E-state index contributed by atoms with van der Waals surface area (Å²) in [6.45, 7) is 1.69. The molecule has 1 saturated heterocycles. The number of likely N-dealkylation sites (tertiary alicyclic amines) is 1. The molecular formula is C22H23ClN4O2S. The number of nitrogens with zero attached hydrogens (tertiary/aromatic N) is 4. The molecule has 3 aromatic rings. The van der Waals surface area contributed by atoms with Crippen LogP contribution in [0.4, 0.5) is 0 Å². The number of hydrogen-bond acceptors (Lipinski definition) is 5. The van der Waals surface area contributed by atoms with Crippen LogP contribution in [0, 0.1) is 0 Å². The van der Waals surface area contributed by atoms with Crippen LogP contribution in [0.1, 0.15) is 19.3 Å². The molecule has 1 aliphatic heterocycles. The van der Waals surface area contributed by atoms with Crippen molar-refractivity contribution in [1.82, 2.24) is 19.7 Å². The predicted octanol–water partition coefficient (Wildman–Crippen LogP) is 4.70. The molecule has 0 unspecified atom stereocenters. The minimum atomic E-state index is 0.142. The highest BCUT2D eigenvalue weighted by Gasteiger charge is 2.21. The summed E-state index contributed by atoms with van der Waals surface area (Å²) < 4.78 is 7.22. The Balaban J connectivity index is 1.66. The molecule has 0 bridgehead atoms. The molecule has 0 radical (unpaired) electrons. The summed E-state index contributed by atoms with van der Waals surface area (Å²) in [5.41, 5.74) is 1.67. The topological polar surface area (TPSA) is 60.2 Å². The van der Waals surface area contributed by atoms with Crippen LogP contribution >= 0.6 is 23.4 Å². The third-order valence-electron chi connectivity index (χ3n) is 5.11. The van der Waals surface area contributed by atoms with Gasteiger partial charge < -0.3 is 9.64 Å². The van der Waals surface area contributed by atoms with E-state index in [0.717, 1.165) is 42.9 Å². The van der Waals surface area contributed by atoms with Crippen molar-refractivity contribution < 1.29 is 9.53 Å². The van der Waals surface area contributed by atoms with E-state index < -0.39 is 0 Å². The number of amides is 1. The average Bonchev–Trinajstić information content (AvgIpc) is 3.22. The highest BCUT2D eigenvalue weighted by atomic mass is 35.5. The zero-order chi connectivity index (χ0) is 20.9. The van der Waals surface area contributed by atoms with Gasteiger partial charge in [-0.2, -0.15) is 0 Å². The number of benzene rings is 2. The number of hydrogen-bond donors (Lipinski definition) is 0. The lowest BCUT2D eigenvalue weighted by atomic mass is 10.1. The average molecular weight is 443 g/mol. The van der Waals surface area contributed by atoms with Crippen LogP contribution < -0.4 is 4.74 Å². The maximum absolute atomic E-state index is 12.6. The fourth-order valence-corrected chi connectivity index (χ4v) is 4.58. The fourth-order valence-electron chi connectivity index (χ4n) is 3.51. The number of piperidine rings is 1. The standard InChI is InChI=1S/C22H23ClN4O2S/c1-29-17-11-9-16(10-12-17)27-21(18-7-3-4-8-19(18)23)24-25-22(27)30-15-20(28)26-13-5-2-6-14-26/h3-4,7-12H,2,5-6,13-15H2,1H3. The van der Waals surface area contributed by atoms with E-state index in [1.54, 1.807) is 7.11 Å². The molecule has 8 heteroatoms. The van der Waals surface area contributed by atoms with Gasteiger partial charge in [0.1, 0.15) is 5.75 Å². The van der Waals surface area contributed by atoms with Crippen molar-refractivity contribution in [2.45, 2.75) is 24.4 Å². The fraction of sp³-hybridized carbons (Fsp3) is 0.318. The first-order valence-corrected chi connectivity index (χ1v) is 11.3. The lowest BCUT2D eigenvalue weighted by Crippen LogP contribution is -2.36. The molecule has 0 atom stereocenters. The molecule has 0 spiro atoms. The Morgan fingerprint density at radius 2 is 1.80 bits per heavy atom. The van der Waals surface area contributed by atoms with E-state index in [4.69, 9.17) is 16.3 Å². The monoisotopic (exact) mass is 442 g/mol. The van der Waals surface area contributed by atoms with Gasteiger partial charge in [-0.1, -0.05) is 35.5 Å². The van der Waals surface area contributed by atoms with E-state index in [9.17, 15) is 4.79 Å². The summed E-state index contributed by atoms with van der Waals surface area (Å²) >= 11 is 7.83. The lowest BCUT2D eigenvalue weighted by molar-refractivity contribution is -0.129. The highest BCUT2D eigenvalue weighted by molar-refractivity contribution is 7.99. The second kappa shape index (κ2) is 9.53. The van der Waals surface area contributed by atoms with Gasteiger partial charge in [-0.3, -0.25) is 9.36 Å². The first-order chi connectivity index (χ1) is 14.7. The molecule has 0 saturated carbocycles. The number of carbonyl (C=O) groups excluding carboxylic acids is 1. The molecule has 2 aromatic carbocycles. The molecule has 1 aliphatic rings. The van der Waals surface area contributed by atoms with Crippen molar-refractivity contribution in [3.63, 3.8) is 0 Å². The molecule has 0 N–H and O–H groups in total. The maximum Gasteiger partial charge on any atom is 0.233 e. The summed E-state index contributed by atoms with van der Waals surface area (Å²) in [6.07, 6.45) is 3.36. The highest BCUT2D eigenvalue weighted by Crippen LogP contribution is 2.32. The van der Waals surface area contributed by atoms with Gasteiger partial charge in [0.2, 0.25) is 5.91 Å². The second-order valence-electron chi connectivity index (χ2n) is 7.05. The second-order valence-corrected chi connectivity index (χ2v) is 8.40. The number of thioether (sulfide) groups is 1. The molecule has 6 nitrogen and oxygen atoms in total. The quantitative estimate of drug-likeness (QED) is 0.518. The Hall–Kier alpha value is -2.51. The van der Waals surface area contributed by atoms with Gasteiger partial charge in [-0.15, -0.1) is 10.2 Å². The molecule has 4 rings (SSSR count). The van der Waals surface area contributed by atoms with Crippen LogP contribution in [0.5, 0.6) is 5.75 Å². The Morgan fingerprint density at radius 3 is 2.50 bits per heavy atom. The SMILES string of the molecule is COc1ccc(-n2c(SCC(=O)N3CCCCC3)nnc2-c2ccccc2Cl)cc1. The zero-order valence-corrected chi connectivity index (χ0v) is 18.3. The molecule has 0 aliphatic carbocycles. The van der Waals surface area contributed by atoms with Crippen molar-refractivity contribution in [3.05, 3.63) is 53.6 Å². The molecule has 1 amide bonds. The van der Waals surface area contributed by atoms with Crippen LogP contribution in [-0.4, -0.2) is 51.5 Å². The molecule has 156 valence electrons. The van der Waals surface area contributed by atoms with E-state index in [0.29, 0.717) is 21.8 Å². The minimum Gasteiger partial charge on any atom is -0.497 e. The maximum atomic E-state index is 12.6. The van der Waals surface area contributed by atoms with E-state index in [1.807, 2.05) is 58.0 Å². The third kappa shape index (κ3) is 4.47. The summed E-state index contributed by atoms with van der Waals surface area (Å²) in [5.74, 6) is 1.87.